The lowest BCUT2D eigenvalue weighted by Gasteiger charge is -2.03. The molecule has 0 spiro atoms. The highest BCUT2D eigenvalue weighted by atomic mass is 79.9. The van der Waals surface area contributed by atoms with Crippen LogP contribution in [-0.2, 0) is 16.6 Å². The van der Waals surface area contributed by atoms with Crippen LogP contribution in [0.4, 0.5) is 0 Å². The van der Waals surface area contributed by atoms with Crippen LogP contribution in [0.5, 0.6) is 0 Å². The number of rotatable bonds is 4. The van der Waals surface area contributed by atoms with Crippen molar-refractivity contribution in [3.8, 4) is 0 Å². The van der Waals surface area contributed by atoms with E-state index in [0.29, 0.717) is 5.82 Å². The quantitative estimate of drug-likeness (QED) is 0.910. The summed E-state index contributed by atoms with van der Waals surface area (Å²) in [5.41, 5.74) is 0. The summed E-state index contributed by atoms with van der Waals surface area (Å²) >= 11 is 4.63. The maximum atomic E-state index is 12.0. The zero-order chi connectivity index (χ0) is 13.3. The van der Waals surface area contributed by atoms with Gasteiger partial charge in [0.05, 0.1) is 15.2 Å². The molecule has 0 saturated carbocycles. The van der Waals surface area contributed by atoms with E-state index in [-0.39, 0.29) is 17.3 Å². The lowest BCUT2D eigenvalue weighted by Crippen LogP contribution is -2.23. The van der Waals surface area contributed by atoms with Crippen molar-refractivity contribution in [1.82, 2.24) is 14.9 Å². The molecule has 0 unspecified atom stereocenters. The van der Waals surface area contributed by atoms with Gasteiger partial charge in [0, 0.05) is 4.88 Å². The van der Waals surface area contributed by atoms with Gasteiger partial charge in [-0.1, -0.05) is 5.16 Å². The molecule has 1 N–H and O–H groups in total. The Balaban J connectivity index is 2.15. The highest BCUT2D eigenvalue weighted by molar-refractivity contribution is 9.11. The fraction of sp³-hybridized carbons (Fsp3) is 0.333. The first-order valence-electron chi connectivity index (χ1n) is 4.93. The minimum absolute atomic E-state index is 0.0178. The second-order valence-corrected chi connectivity index (χ2v) is 7.90. The summed E-state index contributed by atoms with van der Waals surface area (Å²) in [6.07, 6.45) is 0. The number of nitrogens with zero attached hydrogens (tertiary/aromatic N) is 2. The predicted molar refractivity (Wildman–Crippen MR) is 69.8 cm³/mol. The molecular formula is C9H10BrN3O3S2. The highest BCUT2D eigenvalue weighted by Gasteiger charge is 2.20. The van der Waals surface area contributed by atoms with Crippen molar-refractivity contribution < 1.29 is 12.9 Å². The first-order valence-corrected chi connectivity index (χ1v) is 8.02. The van der Waals surface area contributed by atoms with Crippen molar-refractivity contribution in [3.05, 3.63) is 26.4 Å². The molecule has 2 aromatic rings. The minimum atomic E-state index is -3.56. The molecule has 0 atom stereocenters. The molecule has 0 saturated heterocycles. The van der Waals surface area contributed by atoms with Crippen LogP contribution in [0.15, 0.2) is 19.3 Å². The second kappa shape index (κ2) is 5.08. The molecule has 6 nitrogen and oxygen atoms in total. The molecule has 2 heterocycles. The molecule has 0 aromatic carbocycles. The maximum absolute atomic E-state index is 12.0. The van der Waals surface area contributed by atoms with Gasteiger partial charge < -0.3 is 4.52 Å². The molecule has 2 rings (SSSR count). The summed E-state index contributed by atoms with van der Waals surface area (Å²) < 4.78 is 32.1. The van der Waals surface area contributed by atoms with Crippen molar-refractivity contribution >= 4 is 37.3 Å². The fourth-order valence-corrected chi connectivity index (χ4v) is 4.73. The molecule has 0 aliphatic heterocycles. The monoisotopic (exact) mass is 351 g/mol. The minimum Gasteiger partial charge on any atom is -0.338 e. The van der Waals surface area contributed by atoms with Crippen molar-refractivity contribution in [2.45, 2.75) is 25.3 Å². The smallest absolute Gasteiger partial charge is 0.242 e. The molecule has 18 heavy (non-hydrogen) atoms. The van der Waals surface area contributed by atoms with Crippen LogP contribution in [0.3, 0.4) is 0 Å². The van der Waals surface area contributed by atoms with Crippen LogP contribution < -0.4 is 4.72 Å². The van der Waals surface area contributed by atoms with Gasteiger partial charge in [-0.2, -0.15) is 4.98 Å². The molecule has 9 heteroatoms. The van der Waals surface area contributed by atoms with E-state index in [1.54, 1.807) is 19.9 Å². The van der Waals surface area contributed by atoms with Crippen LogP contribution in [-0.4, -0.2) is 18.6 Å². The van der Waals surface area contributed by atoms with Crippen molar-refractivity contribution in [2.24, 2.45) is 0 Å². The third kappa shape index (κ3) is 2.97. The summed E-state index contributed by atoms with van der Waals surface area (Å²) in [7, 11) is -3.56. The molecule has 0 fully saturated rings. The van der Waals surface area contributed by atoms with Gasteiger partial charge in [-0.25, -0.2) is 13.1 Å². The van der Waals surface area contributed by atoms with E-state index in [1.165, 1.54) is 11.3 Å². The molecule has 2 aromatic heterocycles. The Kier molecular flexibility index (Phi) is 3.85. The highest BCUT2D eigenvalue weighted by Crippen LogP contribution is 2.29. The van der Waals surface area contributed by atoms with Crippen LogP contribution in [0.2, 0.25) is 0 Å². The molecule has 0 bridgehead atoms. The summed E-state index contributed by atoms with van der Waals surface area (Å²) in [6.45, 7) is 3.40. The van der Waals surface area contributed by atoms with Crippen LogP contribution >= 0.6 is 27.3 Å². The van der Waals surface area contributed by atoms with Crippen molar-refractivity contribution in [2.75, 3.05) is 0 Å². The normalized spacial score (nSPS) is 11.9. The van der Waals surface area contributed by atoms with Gasteiger partial charge in [-0.3, -0.25) is 0 Å². The fourth-order valence-electron chi connectivity index (χ4n) is 1.34. The van der Waals surface area contributed by atoms with Gasteiger partial charge in [-0.05, 0) is 35.8 Å². The second-order valence-electron chi connectivity index (χ2n) is 3.53. The third-order valence-corrected chi connectivity index (χ3v) is 5.32. The van der Waals surface area contributed by atoms with Gasteiger partial charge in [0.25, 0.3) is 0 Å². The van der Waals surface area contributed by atoms with Crippen molar-refractivity contribution in [1.29, 1.82) is 0 Å². The molecule has 98 valence electrons. The average molecular weight is 352 g/mol. The zero-order valence-electron chi connectivity index (χ0n) is 9.60. The van der Waals surface area contributed by atoms with E-state index >= 15 is 0 Å². The Morgan fingerprint density at radius 2 is 2.22 bits per heavy atom. The molecule has 0 aliphatic carbocycles. The van der Waals surface area contributed by atoms with Crippen LogP contribution in [0.1, 0.15) is 16.6 Å². The molecule has 0 radical (unpaired) electrons. The van der Waals surface area contributed by atoms with Crippen LogP contribution in [0, 0.1) is 13.8 Å². The van der Waals surface area contributed by atoms with Crippen molar-refractivity contribution in [3.63, 3.8) is 0 Å². The maximum Gasteiger partial charge on any atom is 0.242 e. The number of sulfonamides is 1. The van der Waals surface area contributed by atoms with E-state index in [4.69, 9.17) is 4.52 Å². The van der Waals surface area contributed by atoms with Gasteiger partial charge in [-0.15, -0.1) is 11.3 Å². The molecule has 0 amide bonds. The van der Waals surface area contributed by atoms with E-state index in [0.717, 1.165) is 8.66 Å². The number of aromatic nitrogens is 2. The van der Waals surface area contributed by atoms with Gasteiger partial charge in [0.1, 0.15) is 0 Å². The number of halogens is 1. The lowest BCUT2D eigenvalue weighted by molar-refractivity contribution is 0.372. The Morgan fingerprint density at radius 1 is 1.50 bits per heavy atom. The van der Waals surface area contributed by atoms with Gasteiger partial charge in [0.2, 0.25) is 15.9 Å². The van der Waals surface area contributed by atoms with E-state index in [9.17, 15) is 8.42 Å². The number of hydrogen-bond donors (Lipinski definition) is 1. The molecule has 0 aliphatic rings. The van der Waals surface area contributed by atoms with E-state index < -0.39 is 10.0 Å². The summed E-state index contributed by atoms with van der Waals surface area (Å²) in [5.74, 6) is 0.710. The van der Waals surface area contributed by atoms with E-state index in [2.05, 4.69) is 30.8 Å². The lowest BCUT2D eigenvalue weighted by atomic mass is 10.5. The Hall–Kier alpha value is -0.770. The summed E-state index contributed by atoms with van der Waals surface area (Å²) in [4.78, 5) is 4.90. The van der Waals surface area contributed by atoms with Gasteiger partial charge >= 0.3 is 0 Å². The Morgan fingerprint density at radius 3 is 2.72 bits per heavy atom. The summed E-state index contributed by atoms with van der Waals surface area (Å²) in [6, 6.07) is 1.57. The van der Waals surface area contributed by atoms with E-state index in [1.807, 2.05) is 0 Å². The first kappa shape index (κ1) is 13.7. The van der Waals surface area contributed by atoms with Crippen LogP contribution in [0.25, 0.3) is 0 Å². The van der Waals surface area contributed by atoms with Gasteiger partial charge in [0.15, 0.2) is 5.82 Å². The summed E-state index contributed by atoms with van der Waals surface area (Å²) in [5, 5.41) is 3.59. The largest absolute Gasteiger partial charge is 0.338 e. The number of thiophene rings is 1. The Labute approximate surface area is 117 Å². The standard InChI is InChI=1S/C9H10BrN3O3S2/c1-5-7(3-8(10)17-5)18(14,15)11-4-9-12-6(2)13-16-9/h3,11H,4H2,1-2H3. The number of nitrogens with one attached hydrogen (secondary N) is 1. The molecular weight excluding hydrogens is 342 g/mol. The number of aryl methyl sites for hydroxylation is 2. The predicted octanol–water partition coefficient (Wildman–Crippen LogP) is 1.99. The Bertz CT molecular complexity index is 662. The SMILES string of the molecule is Cc1noc(CNS(=O)(=O)c2cc(Br)sc2C)n1. The number of hydrogen-bond acceptors (Lipinski definition) is 6. The first-order chi connectivity index (χ1) is 8.38. The third-order valence-electron chi connectivity index (χ3n) is 2.11. The zero-order valence-corrected chi connectivity index (χ0v) is 12.8. The topological polar surface area (TPSA) is 85.1 Å². The average Bonchev–Trinajstić information content (AvgIpc) is 2.82.